The van der Waals surface area contributed by atoms with Gasteiger partial charge in [-0.15, -0.1) is 0 Å². The Labute approximate surface area is 107 Å². The number of amides is 1. The topological polar surface area (TPSA) is 64.4 Å². The number of rotatable bonds is 6. The van der Waals surface area contributed by atoms with Gasteiger partial charge in [0.05, 0.1) is 12.9 Å². The molecule has 0 saturated heterocycles. The highest BCUT2D eigenvalue weighted by molar-refractivity contribution is 5.94. The van der Waals surface area contributed by atoms with Crippen LogP contribution in [0.1, 0.15) is 30.8 Å². The van der Waals surface area contributed by atoms with Crippen LogP contribution < -0.4 is 0 Å². The van der Waals surface area contributed by atoms with Crippen molar-refractivity contribution in [2.75, 3.05) is 19.7 Å². The average molecular weight is 253 g/mol. The second kappa shape index (κ2) is 6.78. The Morgan fingerprint density at radius 1 is 1.44 bits per heavy atom. The minimum absolute atomic E-state index is 0.0307. The summed E-state index contributed by atoms with van der Waals surface area (Å²) in [4.78, 5) is 29.0. The number of imidazole rings is 1. The monoisotopic (exact) mass is 253 g/mol. The van der Waals surface area contributed by atoms with Crippen LogP contribution in [0, 0.1) is 0 Å². The van der Waals surface area contributed by atoms with Crippen molar-refractivity contribution in [1.29, 1.82) is 0 Å². The van der Waals surface area contributed by atoms with Crippen LogP contribution in [0.25, 0.3) is 0 Å². The normalized spacial score (nSPS) is 10.2. The van der Waals surface area contributed by atoms with Crippen molar-refractivity contribution in [3.05, 3.63) is 18.2 Å². The number of nitrogens with zero attached hydrogens (tertiary/aromatic N) is 3. The first-order valence-electron chi connectivity index (χ1n) is 6.01. The molecule has 0 aliphatic rings. The second-order valence-corrected chi connectivity index (χ2v) is 3.96. The number of ether oxygens (including phenoxy) is 1. The lowest BCUT2D eigenvalue weighted by atomic mass is 10.3. The van der Waals surface area contributed by atoms with Crippen molar-refractivity contribution < 1.29 is 14.3 Å². The molecule has 0 aliphatic heterocycles. The summed E-state index contributed by atoms with van der Waals surface area (Å²) in [7, 11) is 1.79. The van der Waals surface area contributed by atoms with Crippen LogP contribution in [0.3, 0.4) is 0 Å². The number of carbonyl (C=O) groups excluding carboxylic acids is 2. The lowest BCUT2D eigenvalue weighted by Crippen LogP contribution is -2.37. The molecule has 6 nitrogen and oxygen atoms in total. The minimum atomic E-state index is -0.393. The molecule has 0 N–H and O–H groups in total. The van der Waals surface area contributed by atoms with E-state index in [2.05, 4.69) is 4.98 Å². The van der Waals surface area contributed by atoms with Gasteiger partial charge in [-0.2, -0.15) is 0 Å². The highest BCUT2D eigenvalue weighted by atomic mass is 16.5. The molecule has 0 aliphatic carbocycles. The van der Waals surface area contributed by atoms with E-state index in [9.17, 15) is 9.59 Å². The summed E-state index contributed by atoms with van der Waals surface area (Å²) in [6.45, 7) is 4.48. The maximum absolute atomic E-state index is 12.1. The molecule has 1 amide bonds. The zero-order chi connectivity index (χ0) is 13.5. The van der Waals surface area contributed by atoms with Crippen molar-refractivity contribution in [1.82, 2.24) is 14.5 Å². The quantitative estimate of drug-likeness (QED) is 0.705. The first-order chi connectivity index (χ1) is 8.58. The molecule has 0 bridgehead atoms. The zero-order valence-electron chi connectivity index (χ0n) is 11.0. The van der Waals surface area contributed by atoms with E-state index >= 15 is 0 Å². The smallest absolute Gasteiger partial charge is 0.325 e. The summed E-state index contributed by atoms with van der Waals surface area (Å²) in [5.74, 6) is -0.638. The summed E-state index contributed by atoms with van der Waals surface area (Å²) in [5.41, 5.74) is 0.343. The standard InChI is InChI=1S/C12H19N3O3/c1-4-6-15(8-11(16)18-5-2)12(17)10-7-14(3)9-13-10/h7,9H,4-6,8H2,1-3H3. The Morgan fingerprint density at radius 2 is 2.17 bits per heavy atom. The predicted octanol–water partition coefficient (Wildman–Crippen LogP) is 0.835. The van der Waals surface area contributed by atoms with Crippen molar-refractivity contribution >= 4 is 11.9 Å². The Kier molecular flexibility index (Phi) is 5.35. The van der Waals surface area contributed by atoms with Gasteiger partial charge in [-0.1, -0.05) is 6.92 Å². The van der Waals surface area contributed by atoms with Gasteiger partial charge < -0.3 is 14.2 Å². The molecule has 0 spiro atoms. The van der Waals surface area contributed by atoms with E-state index in [-0.39, 0.29) is 12.5 Å². The fraction of sp³-hybridized carbons (Fsp3) is 0.583. The summed E-state index contributed by atoms with van der Waals surface area (Å²) in [5, 5.41) is 0. The molecule has 18 heavy (non-hydrogen) atoms. The summed E-state index contributed by atoms with van der Waals surface area (Å²) in [6.07, 6.45) is 3.97. The zero-order valence-corrected chi connectivity index (χ0v) is 11.0. The van der Waals surface area contributed by atoms with Gasteiger partial charge in [0.15, 0.2) is 0 Å². The largest absolute Gasteiger partial charge is 0.465 e. The van der Waals surface area contributed by atoms with Gasteiger partial charge in [0, 0.05) is 19.8 Å². The van der Waals surface area contributed by atoms with Crippen LogP contribution in [0.2, 0.25) is 0 Å². The number of aromatic nitrogens is 2. The van der Waals surface area contributed by atoms with Gasteiger partial charge in [-0.3, -0.25) is 9.59 Å². The maximum atomic E-state index is 12.1. The Balaban J connectivity index is 2.71. The van der Waals surface area contributed by atoms with Crippen molar-refractivity contribution in [2.24, 2.45) is 7.05 Å². The molecule has 6 heteroatoms. The van der Waals surface area contributed by atoms with Gasteiger partial charge >= 0.3 is 5.97 Å². The lowest BCUT2D eigenvalue weighted by Gasteiger charge is -2.19. The lowest BCUT2D eigenvalue weighted by molar-refractivity contribution is -0.143. The molecule has 1 aromatic rings. The number of carbonyl (C=O) groups is 2. The third-order valence-electron chi connectivity index (χ3n) is 2.33. The van der Waals surface area contributed by atoms with E-state index in [1.54, 1.807) is 31.1 Å². The molecular weight excluding hydrogens is 234 g/mol. The predicted molar refractivity (Wildman–Crippen MR) is 66.0 cm³/mol. The van der Waals surface area contributed by atoms with Gasteiger partial charge in [0.1, 0.15) is 12.2 Å². The Bertz CT molecular complexity index is 414. The molecule has 0 atom stereocenters. The number of hydrogen-bond donors (Lipinski definition) is 0. The fourth-order valence-electron chi connectivity index (χ4n) is 1.57. The summed E-state index contributed by atoms with van der Waals surface area (Å²) >= 11 is 0. The SMILES string of the molecule is CCCN(CC(=O)OCC)C(=O)c1cn(C)cn1. The highest BCUT2D eigenvalue weighted by Gasteiger charge is 2.20. The van der Waals surface area contributed by atoms with Gasteiger partial charge in [-0.25, -0.2) is 4.98 Å². The van der Waals surface area contributed by atoms with Crippen LogP contribution in [0.4, 0.5) is 0 Å². The van der Waals surface area contributed by atoms with Crippen molar-refractivity contribution in [3.8, 4) is 0 Å². The first kappa shape index (κ1) is 14.2. The fourth-order valence-corrected chi connectivity index (χ4v) is 1.57. The van der Waals surface area contributed by atoms with Crippen molar-refractivity contribution in [2.45, 2.75) is 20.3 Å². The molecule has 0 fully saturated rings. The molecule has 0 unspecified atom stereocenters. The van der Waals surface area contributed by atoms with E-state index in [0.717, 1.165) is 6.42 Å². The van der Waals surface area contributed by atoms with E-state index < -0.39 is 5.97 Å². The number of hydrogen-bond acceptors (Lipinski definition) is 4. The Morgan fingerprint density at radius 3 is 2.67 bits per heavy atom. The second-order valence-electron chi connectivity index (χ2n) is 3.96. The van der Waals surface area contributed by atoms with E-state index in [0.29, 0.717) is 18.8 Å². The molecule has 1 aromatic heterocycles. The van der Waals surface area contributed by atoms with Crippen LogP contribution in [0.5, 0.6) is 0 Å². The average Bonchev–Trinajstić information content (AvgIpc) is 2.75. The molecule has 0 saturated carbocycles. The first-order valence-corrected chi connectivity index (χ1v) is 6.01. The van der Waals surface area contributed by atoms with E-state index in [4.69, 9.17) is 4.74 Å². The van der Waals surface area contributed by atoms with Gasteiger partial charge in [0.2, 0.25) is 0 Å². The molecule has 0 radical (unpaired) electrons. The Hall–Kier alpha value is -1.85. The third-order valence-corrected chi connectivity index (χ3v) is 2.33. The summed E-state index contributed by atoms with van der Waals surface area (Å²) < 4.78 is 6.55. The molecule has 1 heterocycles. The van der Waals surface area contributed by atoms with Crippen LogP contribution in [0.15, 0.2) is 12.5 Å². The van der Waals surface area contributed by atoms with Crippen LogP contribution in [-0.2, 0) is 16.6 Å². The minimum Gasteiger partial charge on any atom is -0.465 e. The highest BCUT2D eigenvalue weighted by Crippen LogP contribution is 2.03. The van der Waals surface area contributed by atoms with Gasteiger partial charge in [-0.05, 0) is 13.3 Å². The van der Waals surface area contributed by atoms with Crippen LogP contribution in [-0.4, -0.2) is 46.0 Å². The maximum Gasteiger partial charge on any atom is 0.325 e. The number of esters is 1. The third kappa shape index (κ3) is 3.87. The summed E-state index contributed by atoms with van der Waals surface area (Å²) in [6, 6.07) is 0. The molecule has 1 rings (SSSR count). The van der Waals surface area contributed by atoms with Gasteiger partial charge in [0.25, 0.3) is 5.91 Å². The molecule has 0 aromatic carbocycles. The van der Waals surface area contributed by atoms with E-state index in [1.165, 1.54) is 4.90 Å². The van der Waals surface area contributed by atoms with E-state index in [1.807, 2.05) is 6.92 Å². The van der Waals surface area contributed by atoms with Crippen molar-refractivity contribution in [3.63, 3.8) is 0 Å². The number of aryl methyl sites for hydroxylation is 1. The molecule has 100 valence electrons. The molecular formula is C12H19N3O3. The van der Waals surface area contributed by atoms with Crippen LogP contribution >= 0.6 is 0 Å².